The second-order valence-corrected chi connectivity index (χ2v) is 6.05. The zero-order valence-electron chi connectivity index (χ0n) is 11.1. The predicted octanol–water partition coefficient (Wildman–Crippen LogP) is 3.22. The third kappa shape index (κ3) is 5.80. The molecule has 0 amide bonds. The van der Waals surface area contributed by atoms with E-state index in [1.165, 1.54) is 19.8 Å². The van der Waals surface area contributed by atoms with Gasteiger partial charge in [0.15, 0.2) is 6.36 Å². The number of likely N-dealkylation sites (tertiary alicyclic amines) is 1. The Labute approximate surface area is 99.2 Å². The summed E-state index contributed by atoms with van der Waals surface area (Å²) in [6.45, 7) is 11.4. The van der Waals surface area contributed by atoms with Gasteiger partial charge >= 0.3 is 0 Å². The lowest BCUT2D eigenvalue weighted by atomic mass is 9.90. The van der Waals surface area contributed by atoms with Crippen molar-refractivity contribution in [2.75, 3.05) is 19.6 Å². The van der Waals surface area contributed by atoms with E-state index in [-0.39, 0.29) is 6.10 Å². The SMILES string of the molecule is CC(F)OC1CCN(CCCC(C)(C)C)C1. The molecule has 1 aliphatic heterocycles. The van der Waals surface area contributed by atoms with Crippen LogP contribution < -0.4 is 0 Å². The lowest BCUT2D eigenvalue weighted by Gasteiger charge is -2.21. The van der Waals surface area contributed by atoms with Crippen molar-refractivity contribution >= 4 is 0 Å². The summed E-state index contributed by atoms with van der Waals surface area (Å²) < 4.78 is 17.8. The fourth-order valence-electron chi connectivity index (χ4n) is 2.21. The predicted molar refractivity (Wildman–Crippen MR) is 65.2 cm³/mol. The summed E-state index contributed by atoms with van der Waals surface area (Å²) in [4.78, 5) is 2.39. The molecule has 2 atom stereocenters. The van der Waals surface area contributed by atoms with E-state index in [0.717, 1.165) is 26.1 Å². The zero-order valence-corrected chi connectivity index (χ0v) is 11.1. The Morgan fingerprint density at radius 1 is 1.44 bits per heavy atom. The van der Waals surface area contributed by atoms with Crippen LogP contribution in [0, 0.1) is 5.41 Å². The lowest BCUT2D eigenvalue weighted by Crippen LogP contribution is -2.26. The van der Waals surface area contributed by atoms with E-state index in [1.54, 1.807) is 0 Å². The molecule has 1 heterocycles. The summed E-state index contributed by atoms with van der Waals surface area (Å²) in [5.74, 6) is 0. The van der Waals surface area contributed by atoms with Crippen LogP contribution in [-0.2, 0) is 4.74 Å². The minimum absolute atomic E-state index is 0.106. The molecule has 16 heavy (non-hydrogen) atoms. The Balaban J connectivity index is 2.12. The maximum atomic E-state index is 12.6. The quantitative estimate of drug-likeness (QED) is 0.720. The fraction of sp³-hybridized carbons (Fsp3) is 1.00. The van der Waals surface area contributed by atoms with E-state index in [0.29, 0.717) is 5.41 Å². The highest BCUT2D eigenvalue weighted by atomic mass is 19.1. The number of alkyl halides is 1. The maximum absolute atomic E-state index is 12.6. The first kappa shape index (κ1) is 13.9. The molecule has 0 radical (unpaired) electrons. The van der Waals surface area contributed by atoms with Gasteiger partial charge in [-0.25, -0.2) is 4.39 Å². The van der Waals surface area contributed by atoms with E-state index in [2.05, 4.69) is 25.7 Å². The van der Waals surface area contributed by atoms with Crippen molar-refractivity contribution in [3.63, 3.8) is 0 Å². The molecule has 0 N–H and O–H groups in total. The molecule has 0 aromatic rings. The molecule has 1 rings (SSSR count). The van der Waals surface area contributed by atoms with Crippen LogP contribution in [-0.4, -0.2) is 37.0 Å². The van der Waals surface area contributed by atoms with Crippen LogP contribution in [0.1, 0.15) is 47.0 Å². The van der Waals surface area contributed by atoms with Crippen molar-refractivity contribution in [1.29, 1.82) is 0 Å². The average Bonchev–Trinajstić information content (AvgIpc) is 2.49. The van der Waals surface area contributed by atoms with Gasteiger partial charge in [0, 0.05) is 13.1 Å². The molecule has 3 heteroatoms. The molecule has 1 fully saturated rings. The minimum atomic E-state index is -1.13. The molecule has 0 spiro atoms. The van der Waals surface area contributed by atoms with Crippen LogP contribution in [0.2, 0.25) is 0 Å². The molecule has 0 aliphatic carbocycles. The number of rotatable bonds is 5. The number of ether oxygens (including phenoxy) is 1. The highest BCUT2D eigenvalue weighted by molar-refractivity contribution is 4.76. The Bertz CT molecular complexity index is 201. The van der Waals surface area contributed by atoms with Crippen LogP contribution in [0.4, 0.5) is 4.39 Å². The van der Waals surface area contributed by atoms with Gasteiger partial charge in [0.05, 0.1) is 6.10 Å². The van der Waals surface area contributed by atoms with Crippen molar-refractivity contribution in [2.24, 2.45) is 5.41 Å². The largest absolute Gasteiger partial charge is 0.344 e. The fourth-order valence-corrected chi connectivity index (χ4v) is 2.21. The van der Waals surface area contributed by atoms with Crippen molar-refractivity contribution < 1.29 is 9.13 Å². The molecular formula is C13H26FNO. The summed E-state index contributed by atoms with van der Waals surface area (Å²) in [5, 5.41) is 0. The first-order valence-electron chi connectivity index (χ1n) is 6.39. The van der Waals surface area contributed by atoms with E-state index in [9.17, 15) is 4.39 Å². The lowest BCUT2D eigenvalue weighted by molar-refractivity contribution is -0.0684. The Kier molecular flexibility index (Phi) is 5.19. The van der Waals surface area contributed by atoms with Crippen LogP contribution in [0.5, 0.6) is 0 Å². The van der Waals surface area contributed by atoms with Gasteiger partial charge in [0.2, 0.25) is 0 Å². The first-order valence-corrected chi connectivity index (χ1v) is 6.39. The highest BCUT2D eigenvalue weighted by Gasteiger charge is 2.24. The van der Waals surface area contributed by atoms with Gasteiger partial charge in [-0.1, -0.05) is 20.8 Å². The van der Waals surface area contributed by atoms with Crippen LogP contribution >= 0.6 is 0 Å². The molecule has 0 aromatic heterocycles. The number of nitrogens with zero attached hydrogens (tertiary/aromatic N) is 1. The van der Waals surface area contributed by atoms with E-state index in [1.807, 2.05) is 0 Å². The van der Waals surface area contributed by atoms with E-state index >= 15 is 0 Å². The summed E-state index contributed by atoms with van der Waals surface area (Å²) in [6.07, 6.45) is 2.42. The third-order valence-electron chi connectivity index (χ3n) is 3.01. The topological polar surface area (TPSA) is 12.5 Å². The first-order chi connectivity index (χ1) is 7.37. The normalized spacial score (nSPS) is 24.9. The van der Waals surface area contributed by atoms with Gasteiger partial charge in [-0.05, 0) is 38.1 Å². The second kappa shape index (κ2) is 5.97. The van der Waals surface area contributed by atoms with E-state index in [4.69, 9.17) is 4.74 Å². The Hall–Kier alpha value is -0.150. The molecule has 2 unspecified atom stereocenters. The second-order valence-electron chi connectivity index (χ2n) is 6.05. The Morgan fingerprint density at radius 2 is 2.12 bits per heavy atom. The van der Waals surface area contributed by atoms with Crippen LogP contribution in [0.25, 0.3) is 0 Å². The van der Waals surface area contributed by atoms with Crippen molar-refractivity contribution in [2.45, 2.75) is 59.4 Å². The summed E-state index contributed by atoms with van der Waals surface area (Å²) in [7, 11) is 0. The average molecular weight is 231 g/mol. The maximum Gasteiger partial charge on any atom is 0.196 e. The van der Waals surface area contributed by atoms with Crippen molar-refractivity contribution in [1.82, 2.24) is 4.90 Å². The molecule has 0 bridgehead atoms. The molecule has 2 nitrogen and oxygen atoms in total. The summed E-state index contributed by atoms with van der Waals surface area (Å²) in [5.41, 5.74) is 0.420. The third-order valence-corrected chi connectivity index (χ3v) is 3.01. The monoisotopic (exact) mass is 231 g/mol. The van der Waals surface area contributed by atoms with Crippen LogP contribution in [0.15, 0.2) is 0 Å². The number of hydrogen-bond acceptors (Lipinski definition) is 2. The summed E-state index contributed by atoms with van der Waals surface area (Å²) >= 11 is 0. The highest BCUT2D eigenvalue weighted by Crippen LogP contribution is 2.22. The van der Waals surface area contributed by atoms with Gasteiger partial charge < -0.3 is 9.64 Å². The van der Waals surface area contributed by atoms with Crippen molar-refractivity contribution in [3.05, 3.63) is 0 Å². The number of halogens is 1. The molecule has 96 valence electrons. The van der Waals surface area contributed by atoms with E-state index < -0.39 is 6.36 Å². The van der Waals surface area contributed by atoms with Gasteiger partial charge in [0.1, 0.15) is 0 Å². The molecule has 0 saturated carbocycles. The standard InChI is InChI=1S/C13H26FNO/c1-11(14)16-12-6-9-15(10-12)8-5-7-13(2,3)4/h11-12H,5-10H2,1-4H3. The van der Waals surface area contributed by atoms with Crippen LogP contribution in [0.3, 0.4) is 0 Å². The molecule has 0 aromatic carbocycles. The molecule has 1 saturated heterocycles. The van der Waals surface area contributed by atoms with Gasteiger partial charge in [0.25, 0.3) is 0 Å². The van der Waals surface area contributed by atoms with Gasteiger partial charge in [-0.3, -0.25) is 0 Å². The van der Waals surface area contributed by atoms with Gasteiger partial charge in [-0.2, -0.15) is 0 Å². The molecular weight excluding hydrogens is 205 g/mol. The minimum Gasteiger partial charge on any atom is -0.344 e. The smallest absolute Gasteiger partial charge is 0.196 e. The van der Waals surface area contributed by atoms with Crippen molar-refractivity contribution in [3.8, 4) is 0 Å². The zero-order chi connectivity index (χ0) is 12.2. The molecule has 1 aliphatic rings. The van der Waals surface area contributed by atoms with Gasteiger partial charge in [-0.15, -0.1) is 0 Å². The summed E-state index contributed by atoms with van der Waals surface area (Å²) in [6, 6.07) is 0. The number of hydrogen-bond donors (Lipinski definition) is 0. The Morgan fingerprint density at radius 3 is 2.69 bits per heavy atom.